The number of alkyl halides is 2. The Bertz CT molecular complexity index is 514. The minimum atomic E-state index is -2.46. The van der Waals surface area contributed by atoms with Crippen molar-refractivity contribution in [2.45, 2.75) is 19.0 Å². The summed E-state index contributed by atoms with van der Waals surface area (Å²) in [7, 11) is 0. The molecule has 106 valence electrons. The van der Waals surface area contributed by atoms with Crippen molar-refractivity contribution in [1.29, 1.82) is 0 Å². The van der Waals surface area contributed by atoms with E-state index in [2.05, 4.69) is 5.32 Å². The summed E-state index contributed by atoms with van der Waals surface area (Å²) >= 11 is 0. The van der Waals surface area contributed by atoms with Gasteiger partial charge in [0.2, 0.25) is 0 Å². The summed E-state index contributed by atoms with van der Waals surface area (Å²) in [5, 5.41) is 12.6. The normalized spacial score (nSPS) is 12.6. The standard InChI is InChI=1S/C16H17F2NO/c17-16(18)14-8-6-13(7-9-14)15(11-20)19-10-12-4-2-1-3-5-12/h1-9,15-16,19-20H,10-11H2. The number of nitrogens with one attached hydrogen (secondary N) is 1. The summed E-state index contributed by atoms with van der Waals surface area (Å²) < 4.78 is 25.0. The monoisotopic (exact) mass is 277 g/mol. The van der Waals surface area contributed by atoms with Crippen LogP contribution in [0.25, 0.3) is 0 Å². The molecule has 0 spiro atoms. The number of halogens is 2. The molecule has 0 radical (unpaired) electrons. The molecular weight excluding hydrogens is 260 g/mol. The summed E-state index contributed by atoms with van der Waals surface area (Å²) in [5.74, 6) is 0. The Hall–Kier alpha value is -1.78. The molecule has 1 unspecified atom stereocenters. The number of rotatable bonds is 6. The molecule has 2 N–H and O–H groups in total. The molecule has 2 nitrogen and oxygen atoms in total. The summed E-state index contributed by atoms with van der Waals surface area (Å²) in [6.45, 7) is 0.531. The van der Waals surface area contributed by atoms with Crippen LogP contribution >= 0.6 is 0 Å². The van der Waals surface area contributed by atoms with Crippen LogP contribution in [0.2, 0.25) is 0 Å². The Labute approximate surface area is 117 Å². The number of hydrogen-bond acceptors (Lipinski definition) is 2. The molecule has 2 rings (SSSR count). The van der Waals surface area contributed by atoms with Crippen LogP contribution in [-0.4, -0.2) is 11.7 Å². The van der Waals surface area contributed by atoms with Gasteiger partial charge in [-0.2, -0.15) is 0 Å². The van der Waals surface area contributed by atoms with Crippen molar-refractivity contribution in [1.82, 2.24) is 5.32 Å². The SMILES string of the molecule is OCC(NCc1ccccc1)c1ccc(C(F)F)cc1. The van der Waals surface area contributed by atoms with Crippen molar-refractivity contribution in [2.75, 3.05) is 6.61 Å². The van der Waals surface area contributed by atoms with E-state index < -0.39 is 6.43 Å². The van der Waals surface area contributed by atoms with Gasteiger partial charge in [-0.1, -0.05) is 54.6 Å². The molecule has 0 fully saturated rings. The van der Waals surface area contributed by atoms with E-state index in [9.17, 15) is 13.9 Å². The van der Waals surface area contributed by atoms with Crippen LogP contribution < -0.4 is 5.32 Å². The smallest absolute Gasteiger partial charge is 0.263 e. The van der Waals surface area contributed by atoms with E-state index in [0.29, 0.717) is 6.54 Å². The maximum atomic E-state index is 12.5. The summed E-state index contributed by atoms with van der Waals surface area (Å²) in [6, 6.07) is 15.6. The van der Waals surface area contributed by atoms with Gasteiger partial charge in [-0.25, -0.2) is 8.78 Å². The third kappa shape index (κ3) is 3.85. The van der Waals surface area contributed by atoms with E-state index in [1.807, 2.05) is 30.3 Å². The maximum absolute atomic E-state index is 12.5. The lowest BCUT2D eigenvalue weighted by molar-refractivity contribution is 0.151. The predicted octanol–water partition coefficient (Wildman–Crippen LogP) is 3.45. The van der Waals surface area contributed by atoms with Crippen LogP contribution in [0.3, 0.4) is 0 Å². The van der Waals surface area contributed by atoms with Crippen LogP contribution in [0.5, 0.6) is 0 Å². The van der Waals surface area contributed by atoms with E-state index in [-0.39, 0.29) is 18.2 Å². The van der Waals surface area contributed by atoms with Crippen LogP contribution in [-0.2, 0) is 6.54 Å². The molecule has 0 bridgehead atoms. The fourth-order valence-electron chi connectivity index (χ4n) is 2.00. The van der Waals surface area contributed by atoms with Crippen molar-refractivity contribution in [3.05, 3.63) is 71.3 Å². The molecule has 4 heteroatoms. The number of aliphatic hydroxyl groups excluding tert-OH is 1. The molecule has 2 aromatic rings. The highest BCUT2D eigenvalue weighted by atomic mass is 19.3. The zero-order valence-electron chi connectivity index (χ0n) is 11.0. The zero-order chi connectivity index (χ0) is 14.4. The fraction of sp³-hybridized carbons (Fsp3) is 0.250. The van der Waals surface area contributed by atoms with Crippen LogP contribution in [0.15, 0.2) is 54.6 Å². The van der Waals surface area contributed by atoms with E-state index in [0.717, 1.165) is 11.1 Å². The lowest BCUT2D eigenvalue weighted by Crippen LogP contribution is -2.23. The highest BCUT2D eigenvalue weighted by Gasteiger charge is 2.12. The van der Waals surface area contributed by atoms with E-state index in [1.165, 1.54) is 12.1 Å². The predicted molar refractivity (Wildman–Crippen MR) is 74.5 cm³/mol. The number of benzene rings is 2. The average Bonchev–Trinajstić information content (AvgIpc) is 2.49. The Morgan fingerprint density at radius 3 is 2.05 bits per heavy atom. The molecule has 2 aromatic carbocycles. The number of hydrogen-bond donors (Lipinski definition) is 2. The lowest BCUT2D eigenvalue weighted by atomic mass is 10.0. The van der Waals surface area contributed by atoms with Gasteiger partial charge in [0.05, 0.1) is 12.6 Å². The van der Waals surface area contributed by atoms with Gasteiger partial charge in [0.25, 0.3) is 6.43 Å². The zero-order valence-corrected chi connectivity index (χ0v) is 11.0. The highest BCUT2D eigenvalue weighted by molar-refractivity contribution is 5.26. The Morgan fingerprint density at radius 1 is 0.900 bits per heavy atom. The molecule has 0 aliphatic carbocycles. The maximum Gasteiger partial charge on any atom is 0.263 e. The quantitative estimate of drug-likeness (QED) is 0.847. The van der Waals surface area contributed by atoms with Gasteiger partial charge in [0.15, 0.2) is 0 Å². The fourth-order valence-corrected chi connectivity index (χ4v) is 2.00. The van der Waals surface area contributed by atoms with Crippen LogP contribution in [0.4, 0.5) is 8.78 Å². The Kier molecular flexibility index (Phi) is 5.21. The molecule has 0 amide bonds. The molecule has 1 atom stereocenters. The second-order valence-electron chi connectivity index (χ2n) is 4.57. The van der Waals surface area contributed by atoms with Crippen molar-refractivity contribution < 1.29 is 13.9 Å². The topological polar surface area (TPSA) is 32.3 Å². The van der Waals surface area contributed by atoms with Crippen molar-refractivity contribution in [3.63, 3.8) is 0 Å². The van der Waals surface area contributed by atoms with Gasteiger partial charge in [0, 0.05) is 12.1 Å². The molecule has 0 aromatic heterocycles. The van der Waals surface area contributed by atoms with Crippen LogP contribution in [0, 0.1) is 0 Å². The van der Waals surface area contributed by atoms with Crippen LogP contribution in [0.1, 0.15) is 29.2 Å². The van der Waals surface area contributed by atoms with Crippen molar-refractivity contribution in [3.8, 4) is 0 Å². The summed E-state index contributed by atoms with van der Waals surface area (Å²) in [5.41, 5.74) is 1.90. The van der Waals surface area contributed by atoms with Gasteiger partial charge >= 0.3 is 0 Å². The Balaban J connectivity index is 2.01. The summed E-state index contributed by atoms with van der Waals surface area (Å²) in [6.07, 6.45) is -2.46. The largest absolute Gasteiger partial charge is 0.394 e. The molecule has 0 aliphatic rings. The Morgan fingerprint density at radius 2 is 1.50 bits per heavy atom. The minimum absolute atomic E-state index is 0.00602. The molecule has 0 aliphatic heterocycles. The second-order valence-corrected chi connectivity index (χ2v) is 4.57. The minimum Gasteiger partial charge on any atom is -0.394 e. The highest BCUT2D eigenvalue weighted by Crippen LogP contribution is 2.21. The van der Waals surface area contributed by atoms with E-state index >= 15 is 0 Å². The summed E-state index contributed by atoms with van der Waals surface area (Å²) in [4.78, 5) is 0. The molecule has 0 saturated carbocycles. The van der Waals surface area contributed by atoms with Crippen molar-refractivity contribution in [2.24, 2.45) is 0 Å². The molecule has 0 heterocycles. The first-order chi connectivity index (χ1) is 9.70. The number of aliphatic hydroxyl groups is 1. The molecular formula is C16H17F2NO. The van der Waals surface area contributed by atoms with Gasteiger partial charge < -0.3 is 10.4 Å². The van der Waals surface area contributed by atoms with Gasteiger partial charge in [0.1, 0.15) is 0 Å². The van der Waals surface area contributed by atoms with Gasteiger partial charge in [-0.15, -0.1) is 0 Å². The first-order valence-electron chi connectivity index (χ1n) is 6.47. The lowest BCUT2D eigenvalue weighted by Gasteiger charge is -2.17. The third-order valence-corrected chi connectivity index (χ3v) is 3.17. The third-order valence-electron chi connectivity index (χ3n) is 3.17. The van der Waals surface area contributed by atoms with Gasteiger partial charge in [-0.3, -0.25) is 0 Å². The first kappa shape index (κ1) is 14.6. The molecule has 0 saturated heterocycles. The van der Waals surface area contributed by atoms with E-state index in [1.54, 1.807) is 12.1 Å². The first-order valence-corrected chi connectivity index (χ1v) is 6.47. The van der Waals surface area contributed by atoms with Crippen molar-refractivity contribution >= 4 is 0 Å². The second kappa shape index (κ2) is 7.12. The van der Waals surface area contributed by atoms with Gasteiger partial charge in [-0.05, 0) is 11.1 Å². The average molecular weight is 277 g/mol. The van der Waals surface area contributed by atoms with E-state index in [4.69, 9.17) is 0 Å². The molecule has 20 heavy (non-hydrogen) atoms.